The molecule has 2 aromatic rings. The average molecular weight is 270 g/mol. The van der Waals surface area contributed by atoms with Crippen LogP contribution in [0.2, 0.25) is 5.28 Å². The van der Waals surface area contributed by atoms with Crippen molar-refractivity contribution in [2.45, 2.75) is 26.7 Å². The molecule has 1 amide bonds. The second-order valence-corrected chi connectivity index (χ2v) is 4.16. The molecule has 0 unspecified atom stereocenters. The number of rotatable bonds is 4. The maximum atomic E-state index is 11.7. The van der Waals surface area contributed by atoms with Gasteiger partial charge < -0.3 is 4.52 Å². The zero-order valence-corrected chi connectivity index (χ0v) is 10.7. The standard InChI is InChI=1S/C10H12ClN5O2/c1-5-6(2)16-18-9(5)13-8(17)4-3-7-12-10(11)15-14-7/h3-4H2,1-2H3,(H,13,17)(H,12,14,15). The van der Waals surface area contributed by atoms with Crippen molar-refractivity contribution in [1.82, 2.24) is 20.3 Å². The van der Waals surface area contributed by atoms with Crippen LogP contribution in [0.5, 0.6) is 0 Å². The summed E-state index contributed by atoms with van der Waals surface area (Å²) >= 11 is 5.55. The van der Waals surface area contributed by atoms with Crippen LogP contribution in [0.25, 0.3) is 0 Å². The summed E-state index contributed by atoms with van der Waals surface area (Å²) in [6, 6.07) is 0. The van der Waals surface area contributed by atoms with Crippen molar-refractivity contribution < 1.29 is 9.32 Å². The van der Waals surface area contributed by atoms with E-state index in [1.807, 2.05) is 13.8 Å². The Balaban J connectivity index is 1.87. The van der Waals surface area contributed by atoms with Crippen LogP contribution in [0, 0.1) is 13.8 Å². The molecule has 0 aromatic carbocycles. The molecular formula is C10H12ClN5O2. The maximum Gasteiger partial charge on any atom is 0.242 e. The molecule has 2 rings (SSSR count). The number of anilines is 1. The maximum absolute atomic E-state index is 11.7. The molecule has 0 aliphatic heterocycles. The predicted octanol–water partition coefficient (Wildman–Crippen LogP) is 1.63. The van der Waals surface area contributed by atoms with Crippen LogP contribution in [0.15, 0.2) is 4.52 Å². The highest BCUT2D eigenvalue weighted by molar-refractivity contribution is 6.28. The molecule has 0 bridgehead atoms. The van der Waals surface area contributed by atoms with Crippen LogP contribution in [-0.4, -0.2) is 26.2 Å². The minimum absolute atomic E-state index is 0.145. The Bertz CT molecular complexity index is 562. The van der Waals surface area contributed by atoms with Gasteiger partial charge in [-0.15, -0.1) is 5.10 Å². The summed E-state index contributed by atoms with van der Waals surface area (Å²) in [4.78, 5) is 15.6. The molecule has 0 saturated carbocycles. The number of amides is 1. The van der Waals surface area contributed by atoms with E-state index in [4.69, 9.17) is 16.1 Å². The summed E-state index contributed by atoms with van der Waals surface area (Å²) in [5.74, 6) is 0.774. The Morgan fingerprint density at radius 3 is 2.83 bits per heavy atom. The first kappa shape index (κ1) is 12.6. The van der Waals surface area contributed by atoms with Gasteiger partial charge in [-0.25, -0.2) is 4.98 Å². The van der Waals surface area contributed by atoms with E-state index in [9.17, 15) is 4.79 Å². The molecule has 0 spiro atoms. The molecule has 0 atom stereocenters. The summed E-state index contributed by atoms with van der Waals surface area (Å²) in [5.41, 5.74) is 1.58. The van der Waals surface area contributed by atoms with E-state index in [0.29, 0.717) is 18.1 Å². The zero-order valence-electron chi connectivity index (χ0n) is 9.95. The fourth-order valence-corrected chi connectivity index (χ4v) is 1.48. The highest BCUT2D eigenvalue weighted by Gasteiger charge is 2.12. The summed E-state index contributed by atoms with van der Waals surface area (Å²) < 4.78 is 4.98. The van der Waals surface area contributed by atoms with Gasteiger partial charge in [0.1, 0.15) is 5.82 Å². The van der Waals surface area contributed by atoms with Crippen LogP contribution in [0.3, 0.4) is 0 Å². The normalized spacial score (nSPS) is 10.6. The monoisotopic (exact) mass is 269 g/mol. The molecule has 7 nitrogen and oxygen atoms in total. The number of aromatic amines is 1. The van der Waals surface area contributed by atoms with Gasteiger partial charge in [-0.2, -0.15) is 0 Å². The number of nitrogens with zero attached hydrogens (tertiary/aromatic N) is 3. The molecule has 0 aliphatic rings. The first-order valence-electron chi connectivity index (χ1n) is 5.35. The van der Waals surface area contributed by atoms with Crippen LogP contribution in [0.4, 0.5) is 5.88 Å². The van der Waals surface area contributed by atoms with Crippen LogP contribution < -0.4 is 5.32 Å². The lowest BCUT2D eigenvalue weighted by Crippen LogP contribution is -2.12. The van der Waals surface area contributed by atoms with Gasteiger partial charge in [0.25, 0.3) is 0 Å². The van der Waals surface area contributed by atoms with Crippen LogP contribution >= 0.6 is 11.6 Å². The van der Waals surface area contributed by atoms with Gasteiger partial charge in [0.2, 0.25) is 17.1 Å². The largest absolute Gasteiger partial charge is 0.338 e. The Morgan fingerprint density at radius 1 is 1.50 bits per heavy atom. The SMILES string of the molecule is Cc1noc(NC(=O)CCc2nc(Cl)n[nH]2)c1C. The smallest absolute Gasteiger partial charge is 0.242 e. The Morgan fingerprint density at radius 2 is 2.28 bits per heavy atom. The summed E-state index contributed by atoms with van der Waals surface area (Å²) in [6.07, 6.45) is 0.683. The van der Waals surface area contributed by atoms with Crippen molar-refractivity contribution >= 4 is 23.4 Å². The second kappa shape index (κ2) is 5.18. The first-order chi connectivity index (χ1) is 8.56. The van der Waals surface area contributed by atoms with Gasteiger partial charge in [-0.05, 0) is 25.4 Å². The van der Waals surface area contributed by atoms with Gasteiger partial charge in [0.05, 0.1) is 5.69 Å². The fraction of sp³-hybridized carbons (Fsp3) is 0.400. The highest BCUT2D eigenvalue weighted by atomic mass is 35.5. The molecule has 8 heteroatoms. The molecule has 96 valence electrons. The van der Waals surface area contributed by atoms with E-state index in [2.05, 4.69) is 25.7 Å². The summed E-state index contributed by atoms with van der Waals surface area (Å²) in [7, 11) is 0. The fourth-order valence-electron chi connectivity index (χ4n) is 1.34. The number of nitrogens with one attached hydrogen (secondary N) is 2. The molecule has 0 saturated heterocycles. The molecule has 0 aliphatic carbocycles. The van der Waals surface area contributed by atoms with E-state index in [1.165, 1.54) is 0 Å². The van der Waals surface area contributed by atoms with Crippen molar-refractivity contribution in [3.63, 3.8) is 0 Å². The average Bonchev–Trinajstić information content (AvgIpc) is 2.88. The van der Waals surface area contributed by atoms with Gasteiger partial charge in [-0.3, -0.25) is 15.2 Å². The van der Waals surface area contributed by atoms with Gasteiger partial charge in [-0.1, -0.05) is 5.16 Å². The Kier molecular flexibility index (Phi) is 3.61. The van der Waals surface area contributed by atoms with Crippen LogP contribution in [0.1, 0.15) is 23.5 Å². The molecule has 2 heterocycles. The third-order valence-electron chi connectivity index (χ3n) is 2.50. The topological polar surface area (TPSA) is 96.7 Å². The van der Waals surface area contributed by atoms with E-state index >= 15 is 0 Å². The van der Waals surface area contributed by atoms with Gasteiger partial charge in [0, 0.05) is 18.4 Å². The van der Waals surface area contributed by atoms with Crippen molar-refractivity contribution in [2.75, 3.05) is 5.32 Å². The van der Waals surface area contributed by atoms with Crippen LogP contribution in [-0.2, 0) is 11.2 Å². The number of carbonyl (C=O) groups excluding carboxylic acids is 1. The van der Waals surface area contributed by atoms with E-state index in [1.54, 1.807) is 0 Å². The highest BCUT2D eigenvalue weighted by Crippen LogP contribution is 2.17. The lowest BCUT2D eigenvalue weighted by atomic mass is 10.2. The second-order valence-electron chi connectivity index (χ2n) is 3.82. The Hall–Kier alpha value is -1.89. The molecule has 0 fully saturated rings. The van der Waals surface area contributed by atoms with Gasteiger partial charge >= 0.3 is 0 Å². The third-order valence-corrected chi connectivity index (χ3v) is 2.67. The van der Waals surface area contributed by atoms with Gasteiger partial charge in [0.15, 0.2) is 0 Å². The first-order valence-corrected chi connectivity index (χ1v) is 5.73. The number of hydrogen-bond acceptors (Lipinski definition) is 5. The van der Waals surface area contributed by atoms with E-state index in [0.717, 1.165) is 11.3 Å². The number of hydrogen-bond donors (Lipinski definition) is 2. The van der Waals surface area contributed by atoms with Crippen molar-refractivity contribution in [2.24, 2.45) is 0 Å². The molecular weight excluding hydrogens is 258 g/mol. The summed E-state index contributed by atoms with van der Waals surface area (Å²) in [6.45, 7) is 3.64. The molecule has 18 heavy (non-hydrogen) atoms. The molecule has 0 radical (unpaired) electrons. The number of H-pyrrole nitrogens is 1. The quantitative estimate of drug-likeness (QED) is 0.879. The number of halogens is 1. The summed E-state index contributed by atoms with van der Waals surface area (Å²) in [5, 5.41) is 12.8. The molecule has 2 aromatic heterocycles. The van der Waals surface area contributed by atoms with Crippen molar-refractivity contribution in [3.05, 3.63) is 22.4 Å². The molecule has 2 N–H and O–H groups in total. The lowest BCUT2D eigenvalue weighted by molar-refractivity contribution is -0.116. The van der Waals surface area contributed by atoms with Crippen molar-refractivity contribution in [1.29, 1.82) is 0 Å². The minimum atomic E-state index is -0.179. The number of carbonyl (C=O) groups is 1. The number of aryl methyl sites for hydroxylation is 2. The van der Waals surface area contributed by atoms with E-state index in [-0.39, 0.29) is 17.6 Å². The predicted molar refractivity (Wildman–Crippen MR) is 64.3 cm³/mol. The van der Waals surface area contributed by atoms with Crippen molar-refractivity contribution in [3.8, 4) is 0 Å². The minimum Gasteiger partial charge on any atom is -0.338 e. The zero-order chi connectivity index (χ0) is 13.1. The Labute approximate surface area is 108 Å². The lowest BCUT2D eigenvalue weighted by Gasteiger charge is -2.00. The number of aromatic nitrogens is 4. The van der Waals surface area contributed by atoms with E-state index < -0.39 is 0 Å². The third kappa shape index (κ3) is 2.86.